The normalized spacial score (nSPS) is 17.1. The average molecular weight is 277 g/mol. The summed E-state index contributed by atoms with van der Waals surface area (Å²) in [7, 11) is 3.45. The van der Waals surface area contributed by atoms with Crippen LogP contribution in [0.25, 0.3) is 0 Å². The van der Waals surface area contributed by atoms with Gasteiger partial charge >= 0.3 is 0 Å². The minimum atomic E-state index is 0.112. The number of nitrogens with one attached hydrogen (secondary N) is 1. The smallest absolute Gasteiger partial charge is 0.164 e. The molecular weight excluding hydrogens is 250 g/mol. The van der Waals surface area contributed by atoms with Gasteiger partial charge < -0.3 is 14.8 Å². The van der Waals surface area contributed by atoms with Crippen molar-refractivity contribution in [2.24, 2.45) is 0 Å². The minimum absolute atomic E-state index is 0.112. The van der Waals surface area contributed by atoms with Crippen LogP contribution in [0.3, 0.4) is 0 Å². The van der Waals surface area contributed by atoms with E-state index < -0.39 is 0 Å². The predicted molar refractivity (Wildman–Crippen MR) is 83.1 cm³/mol. The monoisotopic (exact) mass is 277 g/mol. The number of hydrogen-bond donors (Lipinski definition) is 1. The topological polar surface area (TPSA) is 30.5 Å². The Balaban J connectivity index is 2.50. The molecule has 20 heavy (non-hydrogen) atoms. The summed E-state index contributed by atoms with van der Waals surface area (Å²) in [4.78, 5) is 0. The Hall–Kier alpha value is -1.22. The van der Waals surface area contributed by atoms with E-state index in [4.69, 9.17) is 9.47 Å². The van der Waals surface area contributed by atoms with Gasteiger partial charge in [-0.2, -0.15) is 0 Å². The highest BCUT2D eigenvalue weighted by molar-refractivity contribution is 5.52. The molecule has 0 aromatic heterocycles. The lowest BCUT2D eigenvalue weighted by Gasteiger charge is -2.28. The number of benzene rings is 1. The van der Waals surface area contributed by atoms with Crippen molar-refractivity contribution in [3.8, 4) is 11.5 Å². The van der Waals surface area contributed by atoms with Crippen LogP contribution in [0.4, 0.5) is 0 Å². The second-order valence-corrected chi connectivity index (χ2v) is 6.58. The van der Waals surface area contributed by atoms with Crippen molar-refractivity contribution in [2.45, 2.75) is 44.9 Å². The number of piperidine rings is 1. The first kappa shape index (κ1) is 15.2. The Labute approximate surface area is 122 Å². The Morgan fingerprint density at radius 1 is 1.05 bits per heavy atom. The van der Waals surface area contributed by atoms with Gasteiger partial charge in [-0.15, -0.1) is 0 Å². The highest BCUT2D eigenvalue weighted by atomic mass is 16.5. The third kappa shape index (κ3) is 3.09. The second-order valence-electron chi connectivity index (χ2n) is 6.58. The number of rotatable bonds is 3. The molecule has 2 rings (SSSR count). The van der Waals surface area contributed by atoms with E-state index in [1.165, 1.54) is 11.1 Å². The molecule has 1 aromatic rings. The van der Waals surface area contributed by atoms with Crippen molar-refractivity contribution in [1.29, 1.82) is 0 Å². The van der Waals surface area contributed by atoms with Gasteiger partial charge in [-0.1, -0.05) is 26.8 Å². The van der Waals surface area contributed by atoms with Crippen molar-refractivity contribution in [1.82, 2.24) is 5.32 Å². The zero-order chi connectivity index (χ0) is 14.8. The Morgan fingerprint density at radius 2 is 1.70 bits per heavy atom. The highest BCUT2D eigenvalue weighted by Crippen LogP contribution is 2.42. The number of methoxy groups -OCH3 is 2. The van der Waals surface area contributed by atoms with Gasteiger partial charge in [0.1, 0.15) is 0 Å². The van der Waals surface area contributed by atoms with E-state index >= 15 is 0 Å². The fraction of sp³-hybridized carbons (Fsp3) is 0.647. The van der Waals surface area contributed by atoms with E-state index in [1.54, 1.807) is 14.2 Å². The summed E-state index contributed by atoms with van der Waals surface area (Å²) in [5.41, 5.74) is 2.73. The highest BCUT2D eigenvalue weighted by Gasteiger charge is 2.25. The zero-order valence-electron chi connectivity index (χ0n) is 13.4. The lowest BCUT2D eigenvalue weighted by atomic mass is 9.82. The van der Waals surface area contributed by atoms with E-state index in [2.05, 4.69) is 38.2 Å². The van der Waals surface area contributed by atoms with Gasteiger partial charge in [0.15, 0.2) is 11.5 Å². The van der Waals surface area contributed by atoms with Crippen molar-refractivity contribution in [3.63, 3.8) is 0 Å². The standard InChI is InChI=1S/C17H27NO2/c1-17(2,3)13-10-14(12-6-8-18-9-7-12)16(20-5)15(11-13)19-4/h10-12,18H,6-9H2,1-5H3. The van der Waals surface area contributed by atoms with Crippen molar-refractivity contribution in [3.05, 3.63) is 23.3 Å². The molecule has 1 aliphatic heterocycles. The number of hydrogen-bond acceptors (Lipinski definition) is 3. The molecule has 0 amide bonds. The molecular formula is C17H27NO2. The van der Waals surface area contributed by atoms with Gasteiger partial charge in [-0.3, -0.25) is 0 Å². The van der Waals surface area contributed by atoms with Crippen LogP contribution in [0.1, 0.15) is 50.7 Å². The van der Waals surface area contributed by atoms with Crippen molar-refractivity contribution >= 4 is 0 Å². The first-order chi connectivity index (χ1) is 9.47. The van der Waals surface area contributed by atoms with Crippen LogP contribution in [0.5, 0.6) is 11.5 Å². The van der Waals surface area contributed by atoms with Crippen LogP contribution in [0.15, 0.2) is 12.1 Å². The van der Waals surface area contributed by atoms with Gasteiger partial charge in [-0.25, -0.2) is 0 Å². The summed E-state index contributed by atoms with van der Waals surface area (Å²) in [6.07, 6.45) is 2.32. The van der Waals surface area contributed by atoms with E-state index in [-0.39, 0.29) is 5.41 Å². The first-order valence-corrected chi connectivity index (χ1v) is 7.44. The van der Waals surface area contributed by atoms with Gasteiger partial charge in [0.05, 0.1) is 14.2 Å². The third-order valence-corrected chi connectivity index (χ3v) is 4.15. The molecule has 1 aliphatic rings. The SMILES string of the molecule is COc1cc(C(C)(C)C)cc(C2CCNCC2)c1OC. The third-order valence-electron chi connectivity index (χ3n) is 4.15. The maximum Gasteiger partial charge on any atom is 0.164 e. The first-order valence-electron chi connectivity index (χ1n) is 7.44. The minimum Gasteiger partial charge on any atom is -0.493 e. The van der Waals surface area contributed by atoms with E-state index in [0.717, 1.165) is 37.4 Å². The quantitative estimate of drug-likeness (QED) is 0.917. The van der Waals surface area contributed by atoms with Crippen LogP contribution in [0.2, 0.25) is 0 Å². The van der Waals surface area contributed by atoms with Gasteiger partial charge in [0.25, 0.3) is 0 Å². The molecule has 3 heteroatoms. The fourth-order valence-electron chi connectivity index (χ4n) is 2.86. The maximum atomic E-state index is 5.64. The molecule has 1 N–H and O–H groups in total. The Morgan fingerprint density at radius 3 is 2.20 bits per heavy atom. The van der Waals surface area contributed by atoms with Crippen LogP contribution >= 0.6 is 0 Å². The van der Waals surface area contributed by atoms with Crippen LogP contribution in [0, 0.1) is 0 Å². The lowest BCUT2D eigenvalue weighted by Crippen LogP contribution is -2.27. The van der Waals surface area contributed by atoms with Gasteiger partial charge in [-0.05, 0) is 48.9 Å². The molecule has 0 spiro atoms. The predicted octanol–water partition coefficient (Wildman–Crippen LogP) is 3.47. The average Bonchev–Trinajstić information content (AvgIpc) is 2.45. The largest absolute Gasteiger partial charge is 0.493 e. The molecule has 0 unspecified atom stereocenters. The molecule has 0 saturated carbocycles. The van der Waals surface area contributed by atoms with Crippen LogP contribution < -0.4 is 14.8 Å². The summed E-state index contributed by atoms with van der Waals surface area (Å²) in [5, 5.41) is 3.42. The van der Waals surface area contributed by atoms with E-state index in [9.17, 15) is 0 Å². The maximum absolute atomic E-state index is 5.64. The van der Waals surface area contributed by atoms with Crippen LogP contribution in [-0.2, 0) is 5.41 Å². The summed E-state index contributed by atoms with van der Waals surface area (Å²) in [6, 6.07) is 4.43. The lowest BCUT2D eigenvalue weighted by molar-refractivity contribution is 0.343. The summed E-state index contributed by atoms with van der Waals surface area (Å²) < 4.78 is 11.2. The summed E-state index contributed by atoms with van der Waals surface area (Å²) in [5.74, 6) is 2.32. The van der Waals surface area contributed by atoms with Crippen molar-refractivity contribution in [2.75, 3.05) is 27.3 Å². The molecule has 3 nitrogen and oxygen atoms in total. The molecule has 1 aromatic carbocycles. The Kier molecular flexibility index (Phi) is 4.59. The Bertz CT molecular complexity index is 457. The molecule has 1 heterocycles. The molecule has 0 aliphatic carbocycles. The zero-order valence-corrected chi connectivity index (χ0v) is 13.4. The van der Waals surface area contributed by atoms with Crippen molar-refractivity contribution < 1.29 is 9.47 Å². The molecule has 0 atom stereocenters. The summed E-state index contributed by atoms with van der Waals surface area (Å²) in [6.45, 7) is 8.87. The van der Waals surface area contributed by atoms with E-state index in [1.807, 2.05) is 0 Å². The molecule has 0 bridgehead atoms. The number of ether oxygens (including phenoxy) is 2. The van der Waals surface area contributed by atoms with Gasteiger partial charge in [0, 0.05) is 5.56 Å². The second kappa shape index (κ2) is 6.04. The molecule has 0 radical (unpaired) electrons. The van der Waals surface area contributed by atoms with E-state index in [0.29, 0.717) is 5.92 Å². The molecule has 1 fully saturated rings. The fourth-order valence-corrected chi connectivity index (χ4v) is 2.86. The summed E-state index contributed by atoms with van der Waals surface area (Å²) >= 11 is 0. The van der Waals surface area contributed by atoms with Gasteiger partial charge in [0.2, 0.25) is 0 Å². The van der Waals surface area contributed by atoms with Crippen LogP contribution in [-0.4, -0.2) is 27.3 Å². The molecule has 1 saturated heterocycles. The molecule has 112 valence electrons.